The highest BCUT2D eigenvalue weighted by molar-refractivity contribution is 7.15. The SMILES string of the molecule is Cc1ccc(-c2cnc3c(N4CCC(F)(F)CC4)cc(C(=O)NC(c4nnc[nH]4)C(C)C)cn23)s1. The van der Waals surface area contributed by atoms with Crippen molar-refractivity contribution in [3.05, 3.63) is 53.2 Å². The number of nitrogens with zero attached hydrogens (tertiary/aromatic N) is 5. The summed E-state index contributed by atoms with van der Waals surface area (Å²) >= 11 is 1.64. The van der Waals surface area contributed by atoms with E-state index in [0.717, 1.165) is 15.4 Å². The van der Waals surface area contributed by atoms with Crippen LogP contribution in [0, 0.1) is 12.8 Å². The van der Waals surface area contributed by atoms with Gasteiger partial charge in [0.05, 0.1) is 34.1 Å². The van der Waals surface area contributed by atoms with E-state index in [2.05, 4.69) is 25.5 Å². The van der Waals surface area contributed by atoms with Crippen LogP contribution in [-0.2, 0) is 0 Å². The summed E-state index contributed by atoms with van der Waals surface area (Å²) in [4.78, 5) is 25.2. The molecule has 2 N–H and O–H groups in total. The molecule has 0 spiro atoms. The van der Waals surface area contributed by atoms with Gasteiger partial charge in [0.1, 0.15) is 6.33 Å². The number of imidazole rings is 1. The minimum Gasteiger partial charge on any atom is -0.368 e. The van der Waals surface area contributed by atoms with Crippen LogP contribution in [0.2, 0.25) is 0 Å². The van der Waals surface area contributed by atoms with Crippen LogP contribution in [0.1, 0.15) is 53.8 Å². The molecular weight excluding hydrogens is 472 g/mol. The monoisotopic (exact) mass is 499 g/mol. The molecule has 8 nitrogen and oxygen atoms in total. The van der Waals surface area contributed by atoms with Crippen molar-refractivity contribution in [2.75, 3.05) is 18.0 Å². The Kier molecular flexibility index (Phi) is 6.04. The highest BCUT2D eigenvalue weighted by Gasteiger charge is 2.35. The number of hydrogen-bond acceptors (Lipinski definition) is 6. The molecule has 0 bridgehead atoms. The number of amides is 1. The number of halogens is 2. The van der Waals surface area contributed by atoms with Crippen molar-refractivity contribution in [3.8, 4) is 10.6 Å². The maximum absolute atomic E-state index is 13.9. The van der Waals surface area contributed by atoms with Gasteiger partial charge in [-0.2, -0.15) is 0 Å². The average molecular weight is 500 g/mol. The van der Waals surface area contributed by atoms with Gasteiger partial charge in [0, 0.05) is 37.0 Å². The van der Waals surface area contributed by atoms with Gasteiger partial charge in [-0.05, 0) is 31.0 Å². The molecule has 1 saturated heterocycles. The minimum atomic E-state index is -2.67. The van der Waals surface area contributed by atoms with Crippen LogP contribution in [-0.4, -0.2) is 49.5 Å². The summed E-state index contributed by atoms with van der Waals surface area (Å²) in [5.41, 5.74) is 2.59. The largest absolute Gasteiger partial charge is 0.368 e. The van der Waals surface area contributed by atoms with Gasteiger partial charge in [0.15, 0.2) is 11.5 Å². The van der Waals surface area contributed by atoms with Crippen LogP contribution in [0.5, 0.6) is 0 Å². The van der Waals surface area contributed by atoms with Crippen molar-refractivity contribution in [3.63, 3.8) is 0 Å². The number of rotatable bonds is 6. The molecule has 4 aromatic rings. The Morgan fingerprint density at radius 1 is 1.26 bits per heavy atom. The number of aryl methyl sites for hydroxylation is 1. The third kappa shape index (κ3) is 4.64. The van der Waals surface area contributed by atoms with Crippen molar-refractivity contribution in [2.24, 2.45) is 5.92 Å². The second-order valence-corrected chi connectivity index (χ2v) is 10.6. The number of nitrogens with one attached hydrogen (secondary N) is 2. The maximum Gasteiger partial charge on any atom is 0.253 e. The number of fused-ring (bicyclic) bond motifs is 1. The second-order valence-electron chi connectivity index (χ2n) is 9.27. The molecule has 4 aromatic heterocycles. The summed E-state index contributed by atoms with van der Waals surface area (Å²) in [6.07, 6.45) is 4.56. The molecule has 11 heteroatoms. The van der Waals surface area contributed by atoms with Crippen LogP contribution in [0.25, 0.3) is 16.2 Å². The summed E-state index contributed by atoms with van der Waals surface area (Å²) in [5, 5.41) is 11.0. The zero-order valence-electron chi connectivity index (χ0n) is 19.8. The number of hydrogen-bond donors (Lipinski definition) is 2. The molecule has 5 rings (SSSR count). The van der Waals surface area contributed by atoms with Gasteiger partial charge < -0.3 is 15.2 Å². The van der Waals surface area contributed by atoms with E-state index in [0.29, 0.717) is 22.7 Å². The molecule has 1 aliphatic rings. The van der Waals surface area contributed by atoms with Crippen LogP contribution in [0.4, 0.5) is 14.5 Å². The van der Waals surface area contributed by atoms with Crippen molar-refractivity contribution >= 4 is 28.6 Å². The molecule has 1 unspecified atom stereocenters. The Hall–Kier alpha value is -3.34. The van der Waals surface area contributed by atoms with Crippen molar-refractivity contribution < 1.29 is 13.6 Å². The fourth-order valence-electron chi connectivity index (χ4n) is 4.40. The van der Waals surface area contributed by atoms with Gasteiger partial charge in [-0.25, -0.2) is 13.8 Å². The van der Waals surface area contributed by atoms with Gasteiger partial charge in [-0.3, -0.25) is 9.20 Å². The Balaban J connectivity index is 1.57. The summed E-state index contributed by atoms with van der Waals surface area (Å²) in [5.74, 6) is -2.31. The number of carbonyl (C=O) groups is 1. The van der Waals surface area contributed by atoms with Crippen molar-refractivity contribution in [1.29, 1.82) is 0 Å². The maximum atomic E-state index is 13.9. The lowest BCUT2D eigenvalue weighted by molar-refractivity contribution is -0.0220. The molecular formula is C24H27F2N7OS. The van der Waals surface area contributed by atoms with Gasteiger partial charge in [0.25, 0.3) is 11.8 Å². The number of alkyl halides is 2. The number of H-pyrrole nitrogens is 1. The third-order valence-electron chi connectivity index (χ3n) is 6.36. The molecule has 5 heterocycles. The third-order valence-corrected chi connectivity index (χ3v) is 7.38. The van der Waals surface area contributed by atoms with E-state index in [1.54, 1.807) is 29.8 Å². The van der Waals surface area contributed by atoms with E-state index >= 15 is 0 Å². The summed E-state index contributed by atoms with van der Waals surface area (Å²) in [6, 6.07) is 5.45. The first-order valence-electron chi connectivity index (χ1n) is 11.6. The zero-order chi connectivity index (χ0) is 24.7. The van der Waals surface area contributed by atoms with E-state index < -0.39 is 5.92 Å². The number of piperidine rings is 1. The molecule has 35 heavy (non-hydrogen) atoms. The van der Waals surface area contributed by atoms with Crippen LogP contribution < -0.4 is 10.2 Å². The van der Waals surface area contributed by atoms with E-state index in [4.69, 9.17) is 0 Å². The Bertz CT molecular complexity index is 1340. The lowest BCUT2D eigenvalue weighted by Crippen LogP contribution is -2.39. The topological polar surface area (TPSA) is 91.2 Å². The first kappa shape index (κ1) is 23.4. The highest BCUT2D eigenvalue weighted by Crippen LogP contribution is 2.35. The lowest BCUT2D eigenvalue weighted by atomic mass is 10.0. The predicted octanol–water partition coefficient (Wildman–Crippen LogP) is 4.85. The zero-order valence-corrected chi connectivity index (χ0v) is 20.6. The Morgan fingerprint density at radius 3 is 2.66 bits per heavy atom. The van der Waals surface area contributed by atoms with Crippen molar-refractivity contribution in [1.82, 2.24) is 29.9 Å². The standard InChI is InChI=1S/C24H27F2N7OS/c1-14(2)20(21-28-13-29-31-21)30-23(34)16-10-17(32-8-6-24(25,26)7-9-32)22-27-11-18(33(22)12-16)19-5-4-15(3)35-19/h4-5,10-14,20H,6-9H2,1-3H3,(H,30,34)(H,28,29,31). The number of aromatic nitrogens is 5. The van der Waals surface area contributed by atoms with Crippen LogP contribution in [0.3, 0.4) is 0 Å². The van der Waals surface area contributed by atoms with E-state index in [-0.39, 0.29) is 43.8 Å². The molecule has 0 aromatic carbocycles. The number of carbonyl (C=O) groups excluding carboxylic acids is 1. The van der Waals surface area contributed by atoms with Crippen LogP contribution >= 0.6 is 11.3 Å². The van der Waals surface area contributed by atoms with Gasteiger partial charge in [0.2, 0.25) is 0 Å². The van der Waals surface area contributed by atoms with Gasteiger partial charge in [-0.1, -0.05) is 13.8 Å². The quantitative estimate of drug-likeness (QED) is 0.396. The molecule has 0 radical (unpaired) electrons. The second kappa shape index (κ2) is 9.03. The summed E-state index contributed by atoms with van der Waals surface area (Å²) in [6.45, 7) is 6.40. The normalized spacial score (nSPS) is 16.7. The van der Waals surface area contributed by atoms with E-state index in [1.807, 2.05) is 42.2 Å². The van der Waals surface area contributed by atoms with Crippen molar-refractivity contribution in [2.45, 2.75) is 45.6 Å². The fourth-order valence-corrected chi connectivity index (χ4v) is 5.27. The molecule has 0 saturated carbocycles. The van der Waals surface area contributed by atoms with Gasteiger partial charge in [-0.15, -0.1) is 21.5 Å². The van der Waals surface area contributed by atoms with E-state index in [9.17, 15) is 13.6 Å². The van der Waals surface area contributed by atoms with Gasteiger partial charge >= 0.3 is 0 Å². The number of thiophene rings is 1. The molecule has 1 fully saturated rings. The molecule has 0 aliphatic carbocycles. The number of pyridine rings is 1. The summed E-state index contributed by atoms with van der Waals surface area (Å²) in [7, 11) is 0. The molecule has 1 aliphatic heterocycles. The first-order valence-corrected chi connectivity index (χ1v) is 12.4. The Labute approximate surface area is 205 Å². The van der Waals surface area contributed by atoms with E-state index in [1.165, 1.54) is 6.33 Å². The molecule has 184 valence electrons. The summed E-state index contributed by atoms with van der Waals surface area (Å²) < 4.78 is 29.6. The minimum absolute atomic E-state index is 0.0670. The fraction of sp³-hybridized carbons (Fsp3) is 0.417. The first-order chi connectivity index (χ1) is 16.7. The average Bonchev–Trinajstić information content (AvgIpc) is 3.57. The lowest BCUT2D eigenvalue weighted by Gasteiger charge is -2.33. The number of aromatic amines is 1. The highest BCUT2D eigenvalue weighted by atomic mass is 32.1. The molecule has 1 amide bonds. The number of anilines is 1. The Morgan fingerprint density at radius 2 is 2.03 bits per heavy atom. The van der Waals surface area contributed by atoms with Crippen LogP contribution in [0.15, 0.2) is 36.9 Å². The smallest absolute Gasteiger partial charge is 0.253 e. The molecule has 1 atom stereocenters. The predicted molar refractivity (Wildman–Crippen MR) is 131 cm³/mol.